The van der Waals surface area contributed by atoms with E-state index in [-0.39, 0.29) is 50.3 Å². The van der Waals surface area contributed by atoms with Gasteiger partial charge in [-0.05, 0) is 24.6 Å². The van der Waals surface area contributed by atoms with E-state index in [9.17, 15) is 19.2 Å². The van der Waals surface area contributed by atoms with Crippen molar-refractivity contribution in [2.45, 2.75) is 19.9 Å². The third-order valence-electron chi connectivity index (χ3n) is 6.39. The predicted molar refractivity (Wildman–Crippen MR) is 132 cm³/mol. The third kappa shape index (κ3) is 4.08. The van der Waals surface area contributed by atoms with Crippen LogP contribution in [0.1, 0.15) is 18.9 Å². The first kappa shape index (κ1) is 23.2. The number of hydrogen-bond acceptors (Lipinski definition) is 7. The molecule has 1 unspecified atom stereocenters. The van der Waals surface area contributed by atoms with Crippen molar-refractivity contribution in [3.8, 4) is 11.5 Å². The maximum Gasteiger partial charge on any atom is 0.330 e. The number of nitrogens with zero attached hydrogens (tertiary/aromatic N) is 3. The number of ether oxygens (including phenoxy) is 2. The van der Waals surface area contributed by atoms with Gasteiger partial charge in [-0.25, -0.2) is 4.79 Å². The molecule has 3 aromatic rings. The zero-order chi connectivity index (χ0) is 25.4. The number of hydrogen-bond donors (Lipinski definition) is 2. The van der Waals surface area contributed by atoms with Gasteiger partial charge in [0.25, 0.3) is 5.56 Å². The molecule has 2 aliphatic rings. The van der Waals surface area contributed by atoms with E-state index in [1.807, 2.05) is 30.3 Å². The molecule has 0 spiro atoms. The van der Waals surface area contributed by atoms with Gasteiger partial charge in [0.2, 0.25) is 18.6 Å². The van der Waals surface area contributed by atoms with Crippen LogP contribution in [0.4, 0.5) is 17.2 Å². The summed E-state index contributed by atoms with van der Waals surface area (Å²) >= 11 is 0. The van der Waals surface area contributed by atoms with Crippen LogP contribution in [0.2, 0.25) is 0 Å². The Labute approximate surface area is 205 Å². The van der Waals surface area contributed by atoms with Gasteiger partial charge in [-0.1, -0.05) is 30.3 Å². The Hall–Kier alpha value is -4.54. The Morgan fingerprint density at radius 1 is 1.11 bits per heavy atom. The van der Waals surface area contributed by atoms with Gasteiger partial charge in [0.15, 0.2) is 17.2 Å². The molecule has 0 saturated carbocycles. The van der Waals surface area contributed by atoms with Crippen molar-refractivity contribution in [1.29, 1.82) is 0 Å². The number of anilines is 3. The largest absolute Gasteiger partial charge is 0.454 e. The lowest BCUT2D eigenvalue weighted by Gasteiger charge is -2.25. The summed E-state index contributed by atoms with van der Waals surface area (Å²) < 4.78 is 11.9. The molecular formula is C25H25N5O6. The Kier molecular flexibility index (Phi) is 5.96. The van der Waals surface area contributed by atoms with Crippen LogP contribution in [-0.4, -0.2) is 41.2 Å². The molecule has 1 fully saturated rings. The lowest BCUT2D eigenvalue weighted by molar-refractivity contribution is -0.124. The van der Waals surface area contributed by atoms with Crippen LogP contribution >= 0.6 is 0 Å². The summed E-state index contributed by atoms with van der Waals surface area (Å²) in [6.45, 7) is 2.21. The summed E-state index contributed by atoms with van der Waals surface area (Å²) in [4.78, 5) is 56.7. The van der Waals surface area contributed by atoms with Crippen molar-refractivity contribution in [2.75, 3.05) is 35.4 Å². The second kappa shape index (κ2) is 9.25. The van der Waals surface area contributed by atoms with Crippen LogP contribution < -0.4 is 36.3 Å². The number of nitrogens with one attached hydrogen (secondary N) is 1. The number of amides is 2. The second-order valence-corrected chi connectivity index (χ2v) is 8.59. The van der Waals surface area contributed by atoms with Crippen LogP contribution in [0.25, 0.3) is 0 Å². The number of nitrogens with two attached hydrogens (primary N) is 1. The Balaban J connectivity index is 1.42. The molecule has 11 nitrogen and oxygen atoms in total. The highest BCUT2D eigenvalue weighted by atomic mass is 16.7. The number of rotatable bonds is 6. The van der Waals surface area contributed by atoms with Crippen LogP contribution in [0.3, 0.4) is 0 Å². The molecule has 1 atom stereocenters. The van der Waals surface area contributed by atoms with Crippen molar-refractivity contribution in [3.05, 3.63) is 74.9 Å². The standard InChI is InChI=1S/C25H25N5O6/c1-2-28(21-22(26)30(25(34)27-23(21)32)12-15-6-4-3-5-7-15)24(33)16-10-20(31)29(13-16)17-8-9-18-19(11-17)36-14-35-18/h3-9,11,16H,2,10,12-14,26H2,1H3,(H,27,32,34). The summed E-state index contributed by atoms with van der Waals surface area (Å²) in [5.41, 5.74) is 6.16. The quantitative estimate of drug-likeness (QED) is 0.530. The van der Waals surface area contributed by atoms with Gasteiger partial charge in [-0.2, -0.15) is 0 Å². The summed E-state index contributed by atoms with van der Waals surface area (Å²) in [5, 5.41) is 0. The van der Waals surface area contributed by atoms with Gasteiger partial charge < -0.3 is 25.0 Å². The van der Waals surface area contributed by atoms with E-state index in [0.29, 0.717) is 17.2 Å². The molecule has 2 aromatic carbocycles. The minimum absolute atomic E-state index is 0.0226. The van der Waals surface area contributed by atoms with E-state index in [1.165, 1.54) is 14.4 Å². The van der Waals surface area contributed by atoms with Crippen molar-refractivity contribution < 1.29 is 19.1 Å². The Morgan fingerprint density at radius 2 is 1.86 bits per heavy atom. The molecule has 5 rings (SSSR count). The second-order valence-electron chi connectivity index (χ2n) is 8.59. The molecule has 186 valence electrons. The minimum Gasteiger partial charge on any atom is -0.454 e. The first-order chi connectivity index (χ1) is 17.4. The van der Waals surface area contributed by atoms with Crippen LogP contribution in [0.5, 0.6) is 11.5 Å². The van der Waals surface area contributed by atoms with Crippen LogP contribution in [0.15, 0.2) is 58.1 Å². The highest BCUT2D eigenvalue weighted by Crippen LogP contribution is 2.37. The SMILES string of the molecule is CCN(C(=O)C1CC(=O)N(c2ccc3c(c2)OCO3)C1)c1c(N)n(Cc2ccccc2)c(=O)[nH]c1=O. The molecule has 3 N–H and O–H groups in total. The molecular weight excluding hydrogens is 466 g/mol. The highest BCUT2D eigenvalue weighted by Gasteiger charge is 2.39. The number of H-pyrrole nitrogens is 1. The molecule has 36 heavy (non-hydrogen) atoms. The highest BCUT2D eigenvalue weighted by molar-refractivity contribution is 6.05. The van der Waals surface area contributed by atoms with E-state index in [4.69, 9.17) is 15.2 Å². The van der Waals surface area contributed by atoms with E-state index in [0.717, 1.165) is 5.56 Å². The summed E-state index contributed by atoms with van der Waals surface area (Å²) in [6, 6.07) is 14.3. The number of nitrogen functional groups attached to an aromatic ring is 1. The van der Waals surface area contributed by atoms with Gasteiger partial charge in [0.1, 0.15) is 5.82 Å². The van der Waals surface area contributed by atoms with E-state index in [1.54, 1.807) is 25.1 Å². The molecule has 2 aliphatic heterocycles. The molecule has 0 aliphatic carbocycles. The van der Waals surface area contributed by atoms with Gasteiger partial charge in [-0.3, -0.25) is 23.9 Å². The number of fused-ring (bicyclic) bond motifs is 1. The van der Waals surface area contributed by atoms with Crippen molar-refractivity contribution in [1.82, 2.24) is 9.55 Å². The zero-order valence-corrected chi connectivity index (χ0v) is 19.6. The fraction of sp³-hybridized carbons (Fsp3) is 0.280. The minimum atomic E-state index is -0.756. The summed E-state index contributed by atoms with van der Waals surface area (Å²) in [6.07, 6.45) is -0.0226. The first-order valence-electron chi connectivity index (χ1n) is 11.5. The molecule has 3 heterocycles. The Bertz CT molecular complexity index is 1450. The lowest BCUT2D eigenvalue weighted by Crippen LogP contribution is -2.44. The molecule has 1 saturated heterocycles. The van der Waals surface area contributed by atoms with Crippen LogP contribution in [0, 0.1) is 5.92 Å². The Morgan fingerprint density at radius 3 is 2.61 bits per heavy atom. The summed E-state index contributed by atoms with van der Waals surface area (Å²) in [7, 11) is 0. The van der Waals surface area contributed by atoms with Crippen molar-refractivity contribution in [2.24, 2.45) is 5.92 Å². The normalized spacial score (nSPS) is 16.4. The van der Waals surface area contributed by atoms with Gasteiger partial charge in [0, 0.05) is 31.3 Å². The topological polar surface area (TPSA) is 140 Å². The van der Waals surface area contributed by atoms with Crippen molar-refractivity contribution >= 4 is 29.0 Å². The van der Waals surface area contributed by atoms with E-state index < -0.39 is 23.1 Å². The average molecular weight is 492 g/mol. The number of benzene rings is 2. The molecule has 2 amide bonds. The number of carbonyl (C=O) groups is 2. The van der Waals surface area contributed by atoms with Crippen molar-refractivity contribution in [3.63, 3.8) is 0 Å². The zero-order valence-electron chi connectivity index (χ0n) is 19.6. The number of aromatic nitrogens is 2. The average Bonchev–Trinajstić information content (AvgIpc) is 3.50. The fourth-order valence-electron chi connectivity index (χ4n) is 4.58. The maximum atomic E-state index is 13.6. The number of aromatic amines is 1. The fourth-order valence-corrected chi connectivity index (χ4v) is 4.58. The monoisotopic (exact) mass is 491 g/mol. The summed E-state index contributed by atoms with van der Waals surface area (Å²) in [5.74, 6) is -0.327. The number of carbonyl (C=O) groups excluding carboxylic acids is 2. The first-order valence-corrected chi connectivity index (χ1v) is 11.5. The van der Waals surface area contributed by atoms with Gasteiger partial charge in [-0.15, -0.1) is 0 Å². The van der Waals surface area contributed by atoms with Gasteiger partial charge >= 0.3 is 5.69 Å². The molecule has 11 heteroatoms. The molecule has 0 radical (unpaired) electrons. The van der Waals surface area contributed by atoms with E-state index in [2.05, 4.69) is 4.98 Å². The predicted octanol–water partition coefficient (Wildman–Crippen LogP) is 1.30. The molecule has 1 aromatic heterocycles. The van der Waals surface area contributed by atoms with Gasteiger partial charge in [0.05, 0.1) is 12.5 Å². The van der Waals surface area contributed by atoms with Crippen LogP contribution in [-0.2, 0) is 16.1 Å². The molecule has 0 bridgehead atoms. The van der Waals surface area contributed by atoms with E-state index >= 15 is 0 Å². The third-order valence-corrected chi connectivity index (χ3v) is 6.39. The maximum absolute atomic E-state index is 13.6. The smallest absolute Gasteiger partial charge is 0.330 e. The lowest BCUT2D eigenvalue weighted by atomic mass is 10.1.